The average Bonchev–Trinajstić information content (AvgIpc) is 2.85. The van der Waals surface area contributed by atoms with Crippen LogP contribution in [0.15, 0.2) is 23.8 Å². The van der Waals surface area contributed by atoms with E-state index in [0.29, 0.717) is 14.8 Å². The molecule has 1 aliphatic carbocycles. The van der Waals surface area contributed by atoms with Crippen LogP contribution in [0.5, 0.6) is 11.5 Å². The van der Waals surface area contributed by atoms with Crippen LogP contribution in [-0.2, 0) is 14.3 Å². The zero-order valence-electron chi connectivity index (χ0n) is 20.1. The van der Waals surface area contributed by atoms with Crippen molar-refractivity contribution < 1.29 is 52.0 Å². The number of methoxy groups -OCH3 is 1. The Bertz CT molecular complexity index is 1000. The Labute approximate surface area is 224 Å². The highest BCUT2D eigenvalue weighted by atomic mass is 127. The second-order valence-corrected chi connectivity index (χ2v) is 9.10. The summed E-state index contributed by atoms with van der Waals surface area (Å²) in [5, 5.41) is 22.6. The predicted molar refractivity (Wildman–Crippen MR) is 132 cm³/mol. The van der Waals surface area contributed by atoms with Crippen molar-refractivity contribution in [1.29, 1.82) is 0 Å². The molecule has 0 aromatic heterocycles. The third-order valence-electron chi connectivity index (χ3n) is 5.36. The van der Waals surface area contributed by atoms with Crippen molar-refractivity contribution in [3.63, 3.8) is 0 Å². The largest absolute Gasteiger partial charge is 0.493 e. The van der Waals surface area contributed by atoms with Crippen molar-refractivity contribution in [2.24, 2.45) is 0 Å². The second-order valence-electron chi connectivity index (χ2n) is 7.94. The third-order valence-corrected chi connectivity index (χ3v) is 6.16. The number of hydrogen-bond donors (Lipinski definition) is 3. The molecule has 0 spiro atoms. The van der Waals surface area contributed by atoms with Crippen molar-refractivity contribution in [3.8, 4) is 11.5 Å². The van der Waals surface area contributed by atoms with Crippen LogP contribution in [0, 0.1) is 3.57 Å². The fourth-order valence-electron chi connectivity index (χ4n) is 3.69. The number of benzene rings is 1. The first-order chi connectivity index (χ1) is 17.4. The van der Waals surface area contributed by atoms with Gasteiger partial charge < -0.3 is 34.6 Å². The molecule has 206 valence electrons. The maximum atomic E-state index is 13.4. The molecule has 0 saturated carbocycles. The lowest BCUT2D eigenvalue weighted by Crippen LogP contribution is -2.57. The van der Waals surface area contributed by atoms with Gasteiger partial charge in [-0.05, 0) is 47.7 Å². The number of alkyl halides is 3. The molecule has 0 radical (unpaired) electrons. The molecule has 3 atom stereocenters. The van der Waals surface area contributed by atoms with Gasteiger partial charge in [0.05, 0.1) is 23.3 Å². The molecule has 3 unspecified atom stereocenters. The molecule has 0 fully saturated rings. The second kappa shape index (κ2) is 13.9. The number of amides is 2. The maximum absolute atomic E-state index is 13.4. The normalized spacial score (nSPS) is 19.6. The third kappa shape index (κ3) is 8.55. The quantitative estimate of drug-likeness (QED) is 0.230. The molecule has 1 aromatic carbocycles. The van der Waals surface area contributed by atoms with Gasteiger partial charge in [0, 0.05) is 30.7 Å². The molecule has 3 N–H and O–H groups in total. The predicted octanol–water partition coefficient (Wildman–Crippen LogP) is 1.46. The fourth-order valence-corrected chi connectivity index (χ4v) is 4.45. The van der Waals surface area contributed by atoms with Crippen molar-refractivity contribution in [2.45, 2.75) is 37.8 Å². The van der Waals surface area contributed by atoms with Gasteiger partial charge in [0.25, 0.3) is 0 Å². The number of aliphatic hydroxyl groups excluding tert-OH is 2. The highest BCUT2D eigenvalue weighted by Gasteiger charge is 2.44. The Morgan fingerprint density at radius 3 is 2.59 bits per heavy atom. The molecule has 2 rings (SSSR count). The standard InChI is InChI=1S/C23H28F3IN2O8/c1-3-36-11-19(32)29(12-23(24,25)26)16-8-14(22(34)28-4-5-30)9-17(20(16)33)37-21-15(27)6-13(10-31)7-18(21)35-2/h6-7,9-10,16-17,20,30,33H,3-5,8,11-12H2,1-2H3,(H,28,34). The van der Waals surface area contributed by atoms with E-state index in [1.165, 1.54) is 25.3 Å². The fraction of sp³-hybridized carbons (Fsp3) is 0.522. The molecular weight excluding hydrogens is 616 g/mol. The van der Waals surface area contributed by atoms with E-state index in [-0.39, 0.29) is 42.4 Å². The van der Waals surface area contributed by atoms with E-state index in [0.717, 1.165) is 0 Å². The first-order valence-electron chi connectivity index (χ1n) is 11.2. The first kappa shape index (κ1) is 30.8. The van der Waals surface area contributed by atoms with E-state index >= 15 is 0 Å². The molecule has 2 amide bonds. The molecule has 0 bridgehead atoms. The van der Waals surface area contributed by atoms with Gasteiger partial charge in [0.2, 0.25) is 11.8 Å². The van der Waals surface area contributed by atoms with E-state index < -0.39 is 55.8 Å². The van der Waals surface area contributed by atoms with Crippen molar-refractivity contribution in [1.82, 2.24) is 10.2 Å². The molecule has 0 heterocycles. The Hall–Kier alpha value is -2.43. The first-order valence-corrected chi connectivity index (χ1v) is 12.2. The highest BCUT2D eigenvalue weighted by Crippen LogP contribution is 2.37. The van der Waals surface area contributed by atoms with Gasteiger partial charge in [-0.1, -0.05) is 0 Å². The van der Waals surface area contributed by atoms with Crippen LogP contribution in [-0.4, -0.2) is 97.7 Å². The average molecular weight is 644 g/mol. The van der Waals surface area contributed by atoms with Crippen LogP contribution >= 0.6 is 22.6 Å². The minimum atomic E-state index is -4.80. The van der Waals surface area contributed by atoms with Crippen LogP contribution in [0.1, 0.15) is 23.7 Å². The summed E-state index contributed by atoms with van der Waals surface area (Å²) in [5.74, 6) is -1.54. The zero-order chi connectivity index (χ0) is 27.8. The van der Waals surface area contributed by atoms with Gasteiger partial charge >= 0.3 is 6.18 Å². The highest BCUT2D eigenvalue weighted by molar-refractivity contribution is 14.1. The van der Waals surface area contributed by atoms with Gasteiger partial charge in [0.15, 0.2) is 11.5 Å². The molecule has 1 aromatic rings. The van der Waals surface area contributed by atoms with Crippen LogP contribution in [0.3, 0.4) is 0 Å². The Morgan fingerprint density at radius 2 is 2.03 bits per heavy atom. The van der Waals surface area contributed by atoms with Crippen LogP contribution in [0.2, 0.25) is 0 Å². The molecule has 1 aliphatic rings. The summed E-state index contributed by atoms with van der Waals surface area (Å²) in [7, 11) is 1.31. The van der Waals surface area contributed by atoms with Crippen LogP contribution < -0.4 is 14.8 Å². The number of aliphatic hydroxyl groups is 2. The van der Waals surface area contributed by atoms with E-state index in [4.69, 9.17) is 19.3 Å². The van der Waals surface area contributed by atoms with Gasteiger partial charge in [-0.25, -0.2) is 0 Å². The van der Waals surface area contributed by atoms with E-state index in [2.05, 4.69) is 5.32 Å². The number of halogens is 4. The number of nitrogens with one attached hydrogen (secondary N) is 1. The summed E-state index contributed by atoms with van der Waals surface area (Å²) >= 11 is 1.86. The van der Waals surface area contributed by atoms with E-state index in [9.17, 15) is 32.7 Å². The van der Waals surface area contributed by atoms with Crippen molar-refractivity contribution in [2.75, 3.05) is 40.0 Å². The summed E-state index contributed by atoms with van der Waals surface area (Å²) in [6, 6.07) is 1.34. The zero-order valence-corrected chi connectivity index (χ0v) is 22.2. The van der Waals surface area contributed by atoms with Gasteiger partial charge in [-0.2, -0.15) is 13.2 Å². The molecular formula is C23H28F3IN2O8. The Kier molecular flexibility index (Phi) is 11.6. The SMILES string of the molecule is CCOCC(=O)N(CC(F)(F)F)C1CC(C(=O)NCCO)=CC(Oc2c(I)cc(C=O)cc2OC)C1O. The summed E-state index contributed by atoms with van der Waals surface area (Å²) in [4.78, 5) is 37.0. The summed E-state index contributed by atoms with van der Waals surface area (Å²) in [6.07, 6.45) is -6.45. The van der Waals surface area contributed by atoms with Crippen molar-refractivity contribution >= 4 is 40.7 Å². The number of carbonyl (C=O) groups is 3. The number of aldehydes is 1. The Balaban J connectivity index is 2.53. The number of ether oxygens (including phenoxy) is 3. The number of carbonyl (C=O) groups excluding carboxylic acids is 3. The lowest BCUT2D eigenvalue weighted by Gasteiger charge is -2.40. The topological polar surface area (TPSA) is 135 Å². The monoisotopic (exact) mass is 644 g/mol. The number of rotatable bonds is 12. The van der Waals surface area contributed by atoms with E-state index in [1.807, 2.05) is 22.6 Å². The summed E-state index contributed by atoms with van der Waals surface area (Å²) in [5.41, 5.74) is 0.219. The molecule has 14 heteroatoms. The van der Waals surface area contributed by atoms with Gasteiger partial charge in [-0.3, -0.25) is 14.4 Å². The van der Waals surface area contributed by atoms with Crippen molar-refractivity contribution in [3.05, 3.63) is 32.9 Å². The Morgan fingerprint density at radius 1 is 1.32 bits per heavy atom. The molecule has 0 aliphatic heterocycles. The smallest absolute Gasteiger partial charge is 0.406 e. The minimum absolute atomic E-state index is 0.0522. The van der Waals surface area contributed by atoms with Crippen LogP contribution in [0.4, 0.5) is 13.2 Å². The molecule has 10 nitrogen and oxygen atoms in total. The number of hydrogen-bond acceptors (Lipinski definition) is 8. The molecule has 37 heavy (non-hydrogen) atoms. The van der Waals surface area contributed by atoms with E-state index in [1.54, 1.807) is 6.92 Å². The lowest BCUT2D eigenvalue weighted by atomic mass is 9.88. The van der Waals surface area contributed by atoms with Gasteiger partial charge in [0.1, 0.15) is 31.6 Å². The van der Waals surface area contributed by atoms with Gasteiger partial charge in [-0.15, -0.1) is 0 Å². The lowest BCUT2D eigenvalue weighted by molar-refractivity contribution is -0.175. The summed E-state index contributed by atoms with van der Waals surface area (Å²) in [6.45, 7) is -1.20. The molecule has 0 saturated heterocycles. The maximum Gasteiger partial charge on any atom is 0.406 e. The summed E-state index contributed by atoms with van der Waals surface area (Å²) < 4.78 is 56.9. The number of nitrogens with zero attached hydrogens (tertiary/aromatic N) is 1. The minimum Gasteiger partial charge on any atom is -0.493 e. The van der Waals surface area contributed by atoms with Crippen LogP contribution in [0.25, 0.3) is 0 Å².